The number of aliphatic carboxylic acids is 2. The van der Waals surface area contributed by atoms with E-state index in [0.29, 0.717) is 16.8 Å². The lowest BCUT2D eigenvalue weighted by Crippen LogP contribution is -2.63. The predicted molar refractivity (Wildman–Crippen MR) is 309 cm³/mol. The summed E-state index contributed by atoms with van der Waals surface area (Å²) in [6.07, 6.45) is -3.91. The first-order valence-electron chi connectivity index (χ1n) is 27.7. The Bertz CT molecular complexity index is 3060. The van der Waals surface area contributed by atoms with Gasteiger partial charge in [-0.25, -0.2) is 9.78 Å². The number of aromatic amines is 1. The molecular weight excluding hydrogens is 1150 g/mol. The molecule has 0 spiro atoms. The molecule has 31 heteroatoms. The number of aliphatic hydroxyl groups is 2. The highest BCUT2D eigenvalue weighted by Crippen LogP contribution is 2.16. The molecular formula is C57H75N13O18. The first-order chi connectivity index (χ1) is 41.6. The normalized spacial score (nSPS) is 15.1. The number of carbonyl (C=O) groups is 12. The molecule has 0 fully saturated rings. The average Bonchev–Trinajstić information content (AvgIpc) is 4.14. The van der Waals surface area contributed by atoms with Crippen molar-refractivity contribution < 1.29 is 88.2 Å². The van der Waals surface area contributed by atoms with Crippen molar-refractivity contribution in [3.8, 4) is 11.5 Å². The van der Waals surface area contributed by atoms with E-state index in [2.05, 4.69) is 57.8 Å². The van der Waals surface area contributed by atoms with Gasteiger partial charge in [-0.2, -0.15) is 0 Å². The summed E-state index contributed by atoms with van der Waals surface area (Å²) in [5.41, 5.74) is 12.5. The Morgan fingerprint density at radius 3 is 1.31 bits per heavy atom. The second-order valence-corrected chi connectivity index (χ2v) is 20.8. The number of aliphatic hydroxyl groups excluding tert-OH is 2. The number of aromatic hydroxyl groups is 2. The number of nitrogens with one attached hydrogen (secondary N) is 10. The van der Waals surface area contributed by atoms with Crippen LogP contribution in [0.25, 0.3) is 0 Å². The third kappa shape index (κ3) is 22.8. The summed E-state index contributed by atoms with van der Waals surface area (Å²) < 4.78 is 0. The first-order valence-corrected chi connectivity index (χ1v) is 27.7. The number of aromatic nitrogens is 2. The van der Waals surface area contributed by atoms with Gasteiger partial charge in [-0.1, -0.05) is 74.9 Å². The number of nitrogens with two attached hydrogens (primary N) is 2. The van der Waals surface area contributed by atoms with Crippen molar-refractivity contribution in [2.75, 3.05) is 6.54 Å². The van der Waals surface area contributed by atoms with Crippen LogP contribution in [0.15, 0.2) is 91.4 Å². The van der Waals surface area contributed by atoms with Crippen molar-refractivity contribution in [3.63, 3.8) is 0 Å². The molecule has 3 aromatic carbocycles. The molecule has 0 saturated heterocycles. The van der Waals surface area contributed by atoms with E-state index in [-0.39, 0.29) is 42.7 Å². The van der Waals surface area contributed by atoms with Gasteiger partial charge in [0.05, 0.1) is 37.9 Å². The molecule has 20 N–H and O–H groups in total. The third-order valence-corrected chi connectivity index (χ3v) is 13.7. The number of imidazole rings is 1. The van der Waals surface area contributed by atoms with Crippen molar-refractivity contribution in [1.82, 2.24) is 57.8 Å². The van der Waals surface area contributed by atoms with Gasteiger partial charge >= 0.3 is 11.9 Å². The SMILES string of the molecule is CC[C@H](C)[C@H](NC(=O)[C@H](CC(=O)O)NC(=O)[C@H](Cc1ccc(O)cc1)NC(=O)[C@H](CC(N)=O)NC(=O)[C@@H](NC(=O)[C@H](Cc1ccccc1)NC(=O)[C@@H](NC(=O)[C@H](Cc1ccc(O)cc1)NC(=O)CN)[C@@H](C)O)[C@@H](C)O)C(=O)N[C@@H](Cc1cnc[nH]1)C(=O)O. The van der Waals surface area contributed by atoms with Crippen LogP contribution in [0.3, 0.4) is 0 Å². The van der Waals surface area contributed by atoms with E-state index in [1.807, 2.05) is 0 Å². The van der Waals surface area contributed by atoms with Gasteiger partial charge in [0, 0.05) is 37.6 Å². The van der Waals surface area contributed by atoms with Crippen LogP contribution >= 0.6 is 0 Å². The van der Waals surface area contributed by atoms with Crippen molar-refractivity contribution in [2.45, 2.75) is 139 Å². The van der Waals surface area contributed by atoms with Crippen LogP contribution < -0.4 is 59.3 Å². The number of hydrogen-bond donors (Lipinski definition) is 18. The number of phenolic OH excluding ortho intramolecular Hbond substituents is 2. The summed E-state index contributed by atoms with van der Waals surface area (Å²) in [6, 6.07) is 3.07. The van der Waals surface area contributed by atoms with Gasteiger partial charge < -0.3 is 94.9 Å². The molecule has 476 valence electrons. The maximum Gasteiger partial charge on any atom is 0.326 e. The Morgan fingerprint density at radius 1 is 0.489 bits per heavy atom. The van der Waals surface area contributed by atoms with E-state index in [0.717, 1.165) is 13.8 Å². The Balaban J connectivity index is 1.60. The molecule has 0 aliphatic rings. The van der Waals surface area contributed by atoms with Crippen LogP contribution in [0.2, 0.25) is 0 Å². The molecule has 0 aliphatic heterocycles. The van der Waals surface area contributed by atoms with E-state index in [1.54, 1.807) is 44.2 Å². The van der Waals surface area contributed by atoms with Gasteiger partial charge in [0.1, 0.15) is 65.9 Å². The van der Waals surface area contributed by atoms with Crippen LogP contribution in [-0.4, -0.2) is 185 Å². The molecule has 0 aliphatic carbocycles. The van der Waals surface area contributed by atoms with Crippen molar-refractivity contribution in [3.05, 3.63) is 114 Å². The number of carbonyl (C=O) groups excluding carboxylic acids is 10. The van der Waals surface area contributed by atoms with Gasteiger partial charge in [0.25, 0.3) is 0 Å². The molecule has 31 nitrogen and oxygen atoms in total. The summed E-state index contributed by atoms with van der Waals surface area (Å²) in [7, 11) is 0. The molecule has 0 radical (unpaired) electrons. The van der Waals surface area contributed by atoms with E-state index in [9.17, 15) is 88.2 Å². The fourth-order valence-corrected chi connectivity index (χ4v) is 8.68. The van der Waals surface area contributed by atoms with Crippen molar-refractivity contribution >= 4 is 71.0 Å². The van der Waals surface area contributed by atoms with Gasteiger partial charge in [-0.05, 0) is 60.7 Å². The minimum Gasteiger partial charge on any atom is -0.508 e. The molecule has 0 saturated carbocycles. The highest BCUT2D eigenvalue weighted by Gasteiger charge is 2.39. The summed E-state index contributed by atoms with van der Waals surface area (Å²) in [5.74, 6) is -15.4. The van der Waals surface area contributed by atoms with E-state index >= 15 is 0 Å². The second-order valence-electron chi connectivity index (χ2n) is 20.8. The molecule has 0 unspecified atom stereocenters. The molecule has 1 heterocycles. The van der Waals surface area contributed by atoms with E-state index < -0.39 is 169 Å². The fourth-order valence-electron chi connectivity index (χ4n) is 8.68. The van der Waals surface area contributed by atoms with Crippen LogP contribution in [0.1, 0.15) is 69.3 Å². The number of rotatable bonds is 35. The molecule has 10 amide bonds. The third-order valence-electron chi connectivity index (χ3n) is 13.7. The Labute approximate surface area is 504 Å². The number of benzene rings is 3. The van der Waals surface area contributed by atoms with Crippen molar-refractivity contribution in [2.24, 2.45) is 17.4 Å². The van der Waals surface area contributed by atoms with Crippen LogP contribution in [0.5, 0.6) is 11.5 Å². The number of nitrogens with zero attached hydrogens (tertiary/aromatic N) is 1. The maximum absolute atomic E-state index is 14.3. The second kappa shape index (κ2) is 34.2. The topological polar surface area (TPSA) is 515 Å². The molecule has 1 aromatic heterocycles. The lowest BCUT2D eigenvalue weighted by molar-refractivity contribution is -0.143. The zero-order valence-corrected chi connectivity index (χ0v) is 48.4. The van der Waals surface area contributed by atoms with Gasteiger partial charge in [0.15, 0.2) is 0 Å². The van der Waals surface area contributed by atoms with Crippen LogP contribution in [0.4, 0.5) is 0 Å². The lowest BCUT2D eigenvalue weighted by Gasteiger charge is -2.29. The number of primary amides is 1. The van der Waals surface area contributed by atoms with E-state index in [4.69, 9.17) is 11.5 Å². The molecule has 0 bridgehead atoms. The quantitative estimate of drug-likeness (QED) is 0.0207. The van der Waals surface area contributed by atoms with Gasteiger partial charge in [-0.3, -0.25) is 52.7 Å². The molecule has 4 rings (SSSR count). The summed E-state index contributed by atoms with van der Waals surface area (Å²) in [4.78, 5) is 168. The minimum atomic E-state index is -2.02. The zero-order valence-electron chi connectivity index (χ0n) is 48.4. The molecule has 88 heavy (non-hydrogen) atoms. The Hall–Kier alpha value is -10.0. The van der Waals surface area contributed by atoms with Crippen molar-refractivity contribution in [1.29, 1.82) is 0 Å². The lowest BCUT2D eigenvalue weighted by atomic mass is 9.97. The predicted octanol–water partition coefficient (Wildman–Crippen LogP) is -4.34. The molecule has 12 atom stereocenters. The number of carboxylic acids is 2. The minimum absolute atomic E-state index is 0.0836. The number of hydrogen-bond acceptors (Lipinski definition) is 18. The number of carboxylic acid groups (broad SMARTS) is 2. The standard InChI is InChI=1S/C57H75N13O18/c1-5-28(2)46(54(84)67-42(57(87)88)22-34-26-60-27-61-34)68-53(83)41(24-45(77)78)64-49(79)38(21-33-13-17-36(74)18-14-33)63-50(80)40(23-43(59)75)66-56(86)48(30(4)72)70-52(82)39(19-31-9-7-6-8-10-31)65-55(85)47(29(3)71)69-51(81)37(62-44(76)25-58)20-32-11-15-35(73)16-12-32/h6-18,26-30,37-42,46-48,71-74H,5,19-25,58H2,1-4H3,(H2,59,75)(H,60,61)(H,62,76)(H,63,80)(H,64,79)(H,65,85)(H,66,86)(H,67,84)(H,68,83)(H,69,81)(H,70,82)(H,77,78)(H,87,88)/t28-,29+,30+,37-,38-,39-,40-,41-,42-,46-,47-,48-/m0/s1. The smallest absolute Gasteiger partial charge is 0.326 e. The summed E-state index contributed by atoms with van der Waals surface area (Å²) >= 11 is 0. The van der Waals surface area contributed by atoms with E-state index in [1.165, 1.54) is 61.1 Å². The summed E-state index contributed by atoms with van der Waals surface area (Å²) in [6.45, 7) is 4.88. The van der Waals surface area contributed by atoms with Gasteiger partial charge in [-0.15, -0.1) is 0 Å². The Kier molecular flexibility index (Phi) is 27.4. The molecule has 4 aromatic rings. The average molecular weight is 1230 g/mol. The first kappa shape index (κ1) is 70.5. The highest BCUT2D eigenvalue weighted by molar-refractivity contribution is 6.00. The monoisotopic (exact) mass is 1230 g/mol. The number of amides is 10. The summed E-state index contributed by atoms with van der Waals surface area (Å²) in [5, 5.41) is 82.4. The Morgan fingerprint density at radius 2 is 0.875 bits per heavy atom. The van der Waals surface area contributed by atoms with Gasteiger partial charge in [0.2, 0.25) is 59.1 Å². The maximum atomic E-state index is 14.3. The number of phenols is 2. The fraction of sp³-hybridized carbons (Fsp3) is 0.421. The zero-order chi connectivity index (χ0) is 65.4. The largest absolute Gasteiger partial charge is 0.508 e. The van der Waals surface area contributed by atoms with Crippen LogP contribution in [-0.2, 0) is 83.2 Å². The highest BCUT2D eigenvalue weighted by atomic mass is 16.4. The number of H-pyrrole nitrogens is 1. The van der Waals surface area contributed by atoms with Crippen LogP contribution in [0, 0.1) is 5.92 Å².